The van der Waals surface area contributed by atoms with Gasteiger partial charge in [0, 0.05) is 30.4 Å². The molecule has 1 unspecified atom stereocenters. The fraction of sp³-hybridized carbons (Fsp3) is 0.355. The number of carbonyl (C=O) groups excluding carboxylic acids is 2. The van der Waals surface area contributed by atoms with Gasteiger partial charge < -0.3 is 10.2 Å². The first-order chi connectivity index (χ1) is 17.4. The van der Waals surface area contributed by atoms with E-state index in [4.69, 9.17) is 0 Å². The molecule has 0 fully saturated rings. The van der Waals surface area contributed by atoms with Gasteiger partial charge in [0.15, 0.2) is 0 Å². The molecule has 2 amide bonds. The molecule has 0 heterocycles. The SMILES string of the molecule is CCCNC(=O)C(Cc1ccccc1)N(Cc1cccc(Br)c1)C(=O)CCc1ccc(C(C)C)cc1. The summed E-state index contributed by atoms with van der Waals surface area (Å²) in [5.74, 6) is 0.350. The maximum atomic E-state index is 13.7. The lowest BCUT2D eigenvalue weighted by Gasteiger charge is -2.31. The summed E-state index contributed by atoms with van der Waals surface area (Å²) in [5.41, 5.74) is 4.44. The number of benzene rings is 3. The Labute approximate surface area is 224 Å². The predicted molar refractivity (Wildman–Crippen MR) is 151 cm³/mol. The summed E-state index contributed by atoms with van der Waals surface area (Å²) >= 11 is 3.54. The standard InChI is InChI=1S/C31H37BrN2O2/c1-4-19-33-31(36)29(21-25-9-6-5-7-10-25)34(22-26-11-8-12-28(32)20-26)30(35)18-15-24-13-16-27(17-14-24)23(2)3/h5-14,16-17,20,23,29H,4,15,18-19,21-22H2,1-3H3,(H,33,36). The molecule has 5 heteroatoms. The van der Waals surface area contributed by atoms with Crippen molar-refractivity contribution in [3.8, 4) is 0 Å². The van der Waals surface area contributed by atoms with E-state index in [2.05, 4.69) is 59.4 Å². The van der Waals surface area contributed by atoms with Crippen molar-refractivity contribution in [2.45, 2.75) is 65.0 Å². The van der Waals surface area contributed by atoms with E-state index in [0.29, 0.717) is 38.3 Å². The second-order valence-electron chi connectivity index (χ2n) is 9.54. The molecule has 3 rings (SSSR count). The highest BCUT2D eigenvalue weighted by atomic mass is 79.9. The van der Waals surface area contributed by atoms with Crippen LogP contribution in [0.5, 0.6) is 0 Å². The zero-order chi connectivity index (χ0) is 25.9. The lowest BCUT2D eigenvalue weighted by Crippen LogP contribution is -2.50. The molecule has 0 radical (unpaired) electrons. The van der Waals surface area contributed by atoms with E-state index < -0.39 is 6.04 Å². The fourth-order valence-electron chi connectivity index (χ4n) is 4.22. The van der Waals surface area contributed by atoms with Crippen molar-refractivity contribution in [1.82, 2.24) is 10.2 Å². The largest absolute Gasteiger partial charge is 0.354 e. The van der Waals surface area contributed by atoms with E-state index in [1.54, 1.807) is 4.90 Å². The van der Waals surface area contributed by atoms with Gasteiger partial charge >= 0.3 is 0 Å². The van der Waals surface area contributed by atoms with Crippen LogP contribution in [-0.4, -0.2) is 29.3 Å². The highest BCUT2D eigenvalue weighted by molar-refractivity contribution is 9.10. The number of aryl methyl sites for hydroxylation is 1. The second kappa shape index (κ2) is 14.0. The van der Waals surface area contributed by atoms with Crippen LogP contribution >= 0.6 is 15.9 Å². The van der Waals surface area contributed by atoms with Gasteiger partial charge in [-0.3, -0.25) is 9.59 Å². The highest BCUT2D eigenvalue weighted by Crippen LogP contribution is 2.20. The Morgan fingerprint density at radius 2 is 1.58 bits per heavy atom. The Balaban J connectivity index is 1.86. The first-order valence-corrected chi connectivity index (χ1v) is 13.6. The van der Waals surface area contributed by atoms with E-state index >= 15 is 0 Å². The molecular weight excluding hydrogens is 512 g/mol. The van der Waals surface area contributed by atoms with E-state index in [-0.39, 0.29) is 11.8 Å². The van der Waals surface area contributed by atoms with Crippen LogP contribution in [-0.2, 0) is 29.0 Å². The molecule has 0 aliphatic rings. The summed E-state index contributed by atoms with van der Waals surface area (Å²) in [6.07, 6.45) is 2.30. The van der Waals surface area contributed by atoms with Gasteiger partial charge in [0.25, 0.3) is 0 Å². The third-order valence-electron chi connectivity index (χ3n) is 6.34. The Bertz CT molecular complexity index is 1110. The van der Waals surface area contributed by atoms with Gasteiger partial charge in [-0.1, -0.05) is 103 Å². The quantitative estimate of drug-likeness (QED) is 0.274. The average molecular weight is 550 g/mol. The third-order valence-corrected chi connectivity index (χ3v) is 6.83. The number of amides is 2. The highest BCUT2D eigenvalue weighted by Gasteiger charge is 2.30. The van der Waals surface area contributed by atoms with Crippen LogP contribution in [0.25, 0.3) is 0 Å². The summed E-state index contributed by atoms with van der Waals surface area (Å²) in [4.78, 5) is 28.9. The molecule has 1 N–H and O–H groups in total. The van der Waals surface area contributed by atoms with Gasteiger partial charge in [0.05, 0.1) is 0 Å². The number of nitrogens with zero attached hydrogens (tertiary/aromatic N) is 1. The molecule has 4 nitrogen and oxygen atoms in total. The lowest BCUT2D eigenvalue weighted by molar-refractivity contribution is -0.141. The zero-order valence-electron chi connectivity index (χ0n) is 21.5. The Kier molecular flexibility index (Phi) is 10.7. The van der Waals surface area contributed by atoms with Gasteiger partial charge in [-0.15, -0.1) is 0 Å². The van der Waals surface area contributed by atoms with Crippen LogP contribution in [0.4, 0.5) is 0 Å². The Morgan fingerprint density at radius 3 is 2.22 bits per heavy atom. The third kappa shape index (κ3) is 8.34. The maximum absolute atomic E-state index is 13.7. The topological polar surface area (TPSA) is 49.4 Å². The van der Waals surface area contributed by atoms with Crippen LogP contribution in [0.3, 0.4) is 0 Å². The Morgan fingerprint density at radius 1 is 0.889 bits per heavy atom. The molecule has 0 aliphatic carbocycles. The fourth-order valence-corrected chi connectivity index (χ4v) is 4.66. The van der Waals surface area contributed by atoms with Crippen molar-refractivity contribution >= 4 is 27.7 Å². The van der Waals surface area contributed by atoms with Gasteiger partial charge in [0.1, 0.15) is 6.04 Å². The van der Waals surface area contributed by atoms with Gasteiger partial charge in [-0.05, 0) is 53.1 Å². The number of carbonyl (C=O) groups is 2. The van der Waals surface area contributed by atoms with Crippen molar-refractivity contribution in [2.24, 2.45) is 0 Å². The molecule has 3 aromatic rings. The van der Waals surface area contributed by atoms with Crippen LogP contribution < -0.4 is 5.32 Å². The molecule has 1 atom stereocenters. The lowest BCUT2D eigenvalue weighted by atomic mass is 9.99. The molecular formula is C31H37BrN2O2. The predicted octanol–water partition coefficient (Wildman–Crippen LogP) is 6.67. The Hall–Kier alpha value is -2.92. The second-order valence-corrected chi connectivity index (χ2v) is 10.5. The van der Waals surface area contributed by atoms with Crippen molar-refractivity contribution in [2.75, 3.05) is 6.54 Å². The van der Waals surface area contributed by atoms with Crippen LogP contribution in [0.15, 0.2) is 83.3 Å². The molecule has 36 heavy (non-hydrogen) atoms. The number of nitrogens with one attached hydrogen (secondary N) is 1. The normalized spacial score (nSPS) is 11.8. The smallest absolute Gasteiger partial charge is 0.243 e. The minimum absolute atomic E-state index is 0.0181. The van der Waals surface area contributed by atoms with E-state index in [1.165, 1.54) is 5.56 Å². The van der Waals surface area contributed by atoms with E-state index in [0.717, 1.165) is 27.6 Å². The van der Waals surface area contributed by atoms with Crippen molar-refractivity contribution in [3.63, 3.8) is 0 Å². The molecule has 3 aromatic carbocycles. The first-order valence-electron chi connectivity index (χ1n) is 12.8. The summed E-state index contributed by atoms with van der Waals surface area (Å²) in [6, 6.07) is 25.8. The van der Waals surface area contributed by atoms with Crippen LogP contribution in [0.1, 0.15) is 61.8 Å². The minimum Gasteiger partial charge on any atom is -0.354 e. The minimum atomic E-state index is -0.589. The van der Waals surface area contributed by atoms with Gasteiger partial charge in [-0.25, -0.2) is 0 Å². The number of rotatable bonds is 12. The molecule has 0 aliphatic heterocycles. The zero-order valence-corrected chi connectivity index (χ0v) is 23.1. The molecule has 0 bridgehead atoms. The summed E-state index contributed by atoms with van der Waals surface area (Å²) in [6.45, 7) is 7.35. The summed E-state index contributed by atoms with van der Waals surface area (Å²) < 4.78 is 0.952. The monoisotopic (exact) mass is 548 g/mol. The molecule has 0 spiro atoms. The summed E-state index contributed by atoms with van der Waals surface area (Å²) in [7, 11) is 0. The van der Waals surface area contributed by atoms with Crippen LogP contribution in [0.2, 0.25) is 0 Å². The van der Waals surface area contributed by atoms with Gasteiger partial charge in [-0.2, -0.15) is 0 Å². The summed E-state index contributed by atoms with van der Waals surface area (Å²) in [5, 5.41) is 3.03. The van der Waals surface area contributed by atoms with Gasteiger partial charge in [0.2, 0.25) is 11.8 Å². The van der Waals surface area contributed by atoms with Crippen molar-refractivity contribution < 1.29 is 9.59 Å². The number of halogens is 1. The molecule has 0 saturated heterocycles. The van der Waals surface area contributed by atoms with Crippen LogP contribution in [0, 0.1) is 0 Å². The first kappa shape index (κ1) is 27.7. The molecule has 0 aromatic heterocycles. The average Bonchev–Trinajstić information content (AvgIpc) is 2.88. The maximum Gasteiger partial charge on any atom is 0.243 e. The van der Waals surface area contributed by atoms with Crippen molar-refractivity contribution in [1.29, 1.82) is 0 Å². The number of hydrogen-bond donors (Lipinski definition) is 1. The van der Waals surface area contributed by atoms with Crippen molar-refractivity contribution in [3.05, 3.63) is 106 Å². The number of hydrogen-bond acceptors (Lipinski definition) is 2. The molecule has 0 saturated carbocycles. The van der Waals surface area contributed by atoms with E-state index in [1.807, 2.05) is 61.5 Å². The van der Waals surface area contributed by atoms with E-state index in [9.17, 15) is 9.59 Å². The molecule has 190 valence electrons.